The summed E-state index contributed by atoms with van der Waals surface area (Å²) >= 11 is 0. The van der Waals surface area contributed by atoms with Crippen LogP contribution in [0.2, 0.25) is 0 Å². The lowest BCUT2D eigenvalue weighted by molar-refractivity contribution is -0.0289. The molecule has 0 spiro atoms. The van der Waals surface area contributed by atoms with Gasteiger partial charge in [-0.25, -0.2) is 4.57 Å². The van der Waals surface area contributed by atoms with Crippen LogP contribution >= 0.6 is 7.82 Å². The molecule has 1 heterocycles. The number of ether oxygens (including phenoxy) is 3. The van der Waals surface area contributed by atoms with E-state index in [0.717, 1.165) is 7.11 Å². The highest BCUT2D eigenvalue weighted by Gasteiger charge is 2.47. The Morgan fingerprint density at radius 2 is 2.16 bits per heavy atom. The van der Waals surface area contributed by atoms with Crippen molar-refractivity contribution in [1.29, 1.82) is 0 Å². The first kappa shape index (κ1) is 16.7. The van der Waals surface area contributed by atoms with E-state index in [1.165, 1.54) is 7.11 Å². The third-order valence-corrected chi connectivity index (χ3v) is 3.69. The van der Waals surface area contributed by atoms with E-state index in [0.29, 0.717) is 0 Å². The minimum Gasteiger partial charge on any atom is -0.382 e. The van der Waals surface area contributed by atoms with Gasteiger partial charge in [-0.15, -0.1) is 6.42 Å². The zero-order valence-electron chi connectivity index (χ0n) is 11.1. The van der Waals surface area contributed by atoms with Gasteiger partial charge in [0.05, 0.1) is 12.6 Å². The lowest BCUT2D eigenvalue weighted by atomic mass is 9.93. The summed E-state index contributed by atoms with van der Waals surface area (Å²) in [6.45, 7) is 0.259. The predicted octanol–water partition coefficient (Wildman–Crippen LogP) is -0.859. The molecule has 9 heteroatoms. The van der Waals surface area contributed by atoms with Crippen molar-refractivity contribution >= 4 is 15.7 Å². The van der Waals surface area contributed by atoms with Crippen molar-refractivity contribution < 1.29 is 32.7 Å². The molecular weight excluding hydrogens is 274 g/mol. The molecule has 0 aliphatic carbocycles. The molecule has 2 unspecified atom stereocenters. The summed E-state index contributed by atoms with van der Waals surface area (Å²) in [4.78, 5) is 9.42. The smallest absolute Gasteiger partial charge is 0.382 e. The zero-order chi connectivity index (χ0) is 14.5. The minimum atomic E-state index is -4.15. The highest BCUT2D eigenvalue weighted by Crippen LogP contribution is 2.46. The fourth-order valence-corrected chi connectivity index (χ4v) is 2.56. The van der Waals surface area contributed by atoms with Gasteiger partial charge in [-0.1, -0.05) is 5.92 Å². The van der Waals surface area contributed by atoms with Crippen LogP contribution in [0.25, 0.3) is 0 Å². The van der Waals surface area contributed by atoms with Crippen LogP contribution in [0.3, 0.4) is 0 Å². The Balaban J connectivity index is 2.81. The zero-order valence-corrected chi connectivity index (χ0v) is 12.0. The van der Waals surface area contributed by atoms with E-state index in [2.05, 4.69) is 10.4 Å². The lowest BCUT2D eigenvalue weighted by Crippen LogP contribution is -2.38. The van der Waals surface area contributed by atoms with Crippen molar-refractivity contribution in [2.75, 3.05) is 27.4 Å². The van der Waals surface area contributed by atoms with Crippen LogP contribution in [0.15, 0.2) is 0 Å². The third kappa shape index (κ3) is 4.58. The number of hydrogen-bond donors (Lipinski definition) is 1. The van der Waals surface area contributed by atoms with Crippen LogP contribution < -0.4 is 0 Å². The van der Waals surface area contributed by atoms with Gasteiger partial charge >= 0.3 is 7.82 Å². The molecule has 0 amide bonds. The average Bonchev–Trinajstić information content (AvgIpc) is 2.63. The molecular formula is C10H18BO7P. The largest absolute Gasteiger partial charge is 0.472 e. The van der Waals surface area contributed by atoms with Gasteiger partial charge in [-0.3, -0.25) is 9.05 Å². The van der Waals surface area contributed by atoms with Crippen molar-refractivity contribution in [1.82, 2.24) is 0 Å². The number of rotatable bonds is 7. The quantitative estimate of drug-likeness (QED) is 0.371. The summed E-state index contributed by atoms with van der Waals surface area (Å²) in [6, 6.07) is -0.338. The van der Waals surface area contributed by atoms with E-state index in [1.54, 1.807) is 7.85 Å². The molecule has 0 aromatic rings. The van der Waals surface area contributed by atoms with Gasteiger partial charge in [0, 0.05) is 14.2 Å². The molecule has 0 saturated carbocycles. The maximum absolute atomic E-state index is 11.5. The normalized spacial score (nSPS) is 33.8. The molecule has 19 heavy (non-hydrogen) atoms. The van der Waals surface area contributed by atoms with E-state index in [1.807, 2.05) is 0 Å². The van der Waals surface area contributed by atoms with Crippen LogP contribution in [0.1, 0.15) is 0 Å². The van der Waals surface area contributed by atoms with Crippen LogP contribution in [0, 0.1) is 12.3 Å². The second-order valence-electron chi connectivity index (χ2n) is 4.04. The number of terminal acetylenes is 1. The predicted molar refractivity (Wildman–Crippen MR) is 69.4 cm³/mol. The fraction of sp³-hybridized carbons (Fsp3) is 0.800. The number of methoxy groups -OCH3 is 1. The van der Waals surface area contributed by atoms with Crippen LogP contribution in [0.4, 0.5) is 0 Å². The van der Waals surface area contributed by atoms with Gasteiger partial charge in [0.2, 0.25) is 0 Å². The molecule has 108 valence electrons. The van der Waals surface area contributed by atoms with Crippen molar-refractivity contribution in [3.8, 4) is 12.3 Å². The number of hydrogen-bond acceptors (Lipinski definition) is 6. The summed E-state index contributed by atoms with van der Waals surface area (Å²) in [7, 11) is 0.201. The Kier molecular flexibility index (Phi) is 6.50. The van der Waals surface area contributed by atoms with Crippen LogP contribution in [-0.4, -0.2) is 64.5 Å². The second kappa shape index (κ2) is 7.41. The lowest BCUT2D eigenvalue weighted by Gasteiger charge is -2.24. The van der Waals surface area contributed by atoms with Crippen molar-refractivity contribution in [3.05, 3.63) is 0 Å². The molecule has 1 saturated heterocycles. The van der Waals surface area contributed by atoms with Gasteiger partial charge < -0.3 is 19.1 Å². The molecule has 1 aliphatic heterocycles. The average molecular weight is 292 g/mol. The standard InChI is InChI=1S/C10H18BO7P/c1-4-5-16-9-8(18-19(12,13)15-3)7(6-14-2)17-10(9)11/h1,7-10H,5-6,11H2,2-3H3,(H,12,13)/t7-,8+,9?,10-/m1/s1. The number of phosphoric ester groups is 1. The summed E-state index contributed by atoms with van der Waals surface area (Å²) < 4.78 is 37.0. The maximum Gasteiger partial charge on any atom is 0.472 e. The van der Waals surface area contributed by atoms with E-state index in [-0.39, 0.29) is 19.2 Å². The topological polar surface area (TPSA) is 83.5 Å². The van der Waals surface area contributed by atoms with E-state index < -0.39 is 26.1 Å². The highest BCUT2D eigenvalue weighted by atomic mass is 31.2. The Morgan fingerprint density at radius 3 is 2.68 bits per heavy atom. The Hall–Kier alpha value is -0.385. The van der Waals surface area contributed by atoms with Crippen LogP contribution in [0.5, 0.6) is 0 Å². The molecule has 0 bridgehead atoms. The first-order chi connectivity index (χ1) is 8.95. The van der Waals surface area contributed by atoms with Crippen LogP contribution in [-0.2, 0) is 27.8 Å². The van der Waals surface area contributed by atoms with Gasteiger partial charge in [0.15, 0.2) is 0 Å². The first-order valence-corrected chi connectivity index (χ1v) is 7.21. The molecule has 5 atom stereocenters. The SMILES string of the molecule is B[C@@H]1O[C@H](COC)[C@H](OP(=O)(O)OC)C1OCC#C. The summed E-state index contributed by atoms with van der Waals surface area (Å²) in [6.07, 6.45) is 3.25. The Labute approximate surface area is 113 Å². The molecule has 1 aliphatic rings. The van der Waals surface area contributed by atoms with Gasteiger partial charge in [0.1, 0.15) is 32.8 Å². The molecule has 0 radical (unpaired) electrons. The van der Waals surface area contributed by atoms with Gasteiger partial charge in [-0.2, -0.15) is 0 Å². The molecule has 7 nitrogen and oxygen atoms in total. The van der Waals surface area contributed by atoms with E-state index in [4.69, 9.17) is 25.2 Å². The Morgan fingerprint density at radius 1 is 1.47 bits per heavy atom. The minimum absolute atomic E-state index is 0.0562. The molecule has 1 fully saturated rings. The number of phosphoric acid groups is 1. The Bertz CT molecular complexity index is 371. The molecule has 0 aromatic carbocycles. The third-order valence-electron chi connectivity index (χ3n) is 2.72. The summed E-state index contributed by atoms with van der Waals surface area (Å²) in [5.74, 6) is 2.33. The van der Waals surface area contributed by atoms with Crippen molar-refractivity contribution in [3.63, 3.8) is 0 Å². The highest BCUT2D eigenvalue weighted by molar-refractivity contribution is 7.47. The fourth-order valence-electron chi connectivity index (χ4n) is 1.91. The van der Waals surface area contributed by atoms with E-state index in [9.17, 15) is 9.46 Å². The van der Waals surface area contributed by atoms with Crippen molar-refractivity contribution in [2.24, 2.45) is 0 Å². The van der Waals surface area contributed by atoms with Gasteiger partial charge in [-0.05, 0) is 0 Å². The summed E-state index contributed by atoms with van der Waals surface area (Å²) in [5, 5.41) is 0. The monoisotopic (exact) mass is 292 g/mol. The molecule has 1 N–H and O–H groups in total. The summed E-state index contributed by atoms with van der Waals surface area (Å²) in [5.41, 5.74) is 0. The maximum atomic E-state index is 11.5. The van der Waals surface area contributed by atoms with Gasteiger partial charge in [0.25, 0.3) is 0 Å². The van der Waals surface area contributed by atoms with Crippen molar-refractivity contribution in [2.45, 2.75) is 24.3 Å². The second-order valence-corrected chi connectivity index (χ2v) is 5.55. The molecule has 1 rings (SSSR count). The first-order valence-electron chi connectivity index (χ1n) is 5.71. The molecule has 0 aromatic heterocycles. The van der Waals surface area contributed by atoms with E-state index >= 15 is 0 Å².